The zero-order valence-electron chi connectivity index (χ0n) is 8.51. The van der Waals surface area contributed by atoms with Crippen LogP contribution in [0, 0.1) is 21.4 Å². The van der Waals surface area contributed by atoms with Gasteiger partial charge in [0.05, 0.1) is 17.4 Å². The van der Waals surface area contributed by atoms with Gasteiger partial charge in [-0.1, -0.05) is 11.6 Å². The van der Waals surface area contributed by atoms with Crippen LogP contribution in [0.2, 0.25) is 5.02 Å². The molecule has 1 atom stereocenters. The minimum atomic E-state index is -0.565. The van der Waals surface area contributed by atoms with Crippen molar-refractivity contribution in [3.05, 3.63) is 33.3 Å². The summed E-state index contributed by atoms with van der Waals surface area (Å²) in [4.78, 5) is 9.93. The first-order valence-electron chi connectivity index (χ1n) is 4.52. The van der Waals surface area contributed by atoms with E-state index >= 15 is 0 Å². The van der Waals surface area contributed by atoms with Crippen LogP contribution in [0.1, 0.15) is 13.3 Å². The van der Waals surface area contributed by atoms with Crippen molar-refractivity contribution in [1.29, 1.82) is 5.26 Å². The SMILES string of the molecule is CC(CC#N)Oc1ccc([N+](=O)[O-])c(Cl)c1. The van der Waals surface area contributed by atoms with Gasteiger partial charge >= 0.3 is 0 Å². The van der Waals surface area contributed by atoms with Crippen LogP contribution in [0.5, 0.6) is 5.75 Å². The molecule has 0 radical (unpaired) electrons. The summed E-state index contributed by atoms with van der Waals surface area (Å²) in [5.74, 6) is 0.415. The highest BCUT2D eigenvalue weighted by Gasteiger charge is 2.13. The number of nitrogens with zero attached hydrogens (tertiary/aromatic N) is 2. The van der Waals surface area contributed by atoms with E-state index in [2.05, 4.69) is 0 Å². The van der Waals surface area contributed by atoms with E-state index in [1.165, 1.54) is 18.2 Å². The minimum absolute atomic E-state index is 0.0201. The molecular formula is C10H9ClN2O3. The first-order chi connectivity index (χ1) is 7.54. The Morgan fingerprint density at radius 3 is 2.88 bits per heavy atom. The van der Waals surface area contributed by atoms with Crippen LogP contribution in [-0.4, -0.2) is 11.0 Å². The lowest BCUT2D eigenvalue weighted by Crippen LogP contribution is -2.10. The largest absolute Gasteiger partial charge is 0.490 e. The highest BCUT2D eigenvalue weighted by molar-refractivity contribution is 6.32. The number of nitro benzene ring substituents is 1. The average molecular weight is 241 g/mol. The molecule has 0 aliphatic rings. The third kappa shape index (κ3) is 3.11. The summed E-state index contributed by atoms with van der Waals surface area (Å²) in [5, 5.41) is 19.0. The maximum absolute atomic E-state index is 10.5. The molecule has 0 aromatic heterocycles. The van der Waals surface area contributed by atoms with E-state index < -0.39 is 4.92 Å². The second-order valence-electron chi connectivity index (χ2n) is 3.16. The van der Waals surface area contributed by atoms with E-state index in [1.807, 2.05) is 6.07 Å². The van der Waals surface area contributed by atoms with Crippen molar-refractivity contribution in [1.82, 2.24) is 0 Å². The van der Waals surface area contributed by atoms with Crippen molar-refractivity contribution >= 4 is 17.3 Å². The fraction of sp³-hybridized carbons (Fsp3) is 0.300. The topological polar surface area (TPSA) is 76.2 Å². The number of nitriles is 1. The molecule has 16 heavy (non-hydrogen) atoms. The Hall–Kier alpha value is -1.80. The van der Waals surface area contributed by atoms with Gasteiger partial charge in [-0.05, 0) is 13.0 Å². The van der Waals surface area contributed by atoms with Crippen LogP contribution in [0.4, 0.5) is 5.69 Å². The average Bonchev–Trinajstić information content (AvgIpc) is 2.17. The second kappa shape index (κ2) is 5.33. The lowest BCUT2D eigenvalue weighted by Gasteiger charge is -2.11. The number of halogens is 1. The molecule has 1 rings (SSSR count). The van der Waals surface area contributed by atoms with Crippen molar-refractivity contribution < 1.29 is 9.66 Å². The zero-order valence-corrected chi connectivity index (χ0v) is 9.27. The number of benzene rings is 1. The van der Waals surface area contributed by atoms with Gasteiger partial charge in [-0.2, -0.15) is 5.26 Å². The molecular weight excluding hydrogens is 232 g/mol. The van der Waals surface area contributed by atoms with Gasteiger partial charge in [0.1, 0.15) is 16.9 Å². The smallest absolute Gasteiger partial charge is 0.288 e. The van der Waals surface area contributed by atoms with E-state index in [9.17, 15) is 10.1 Å². The Labute approximate surface area is 97.4 Å². The third-order valence-electron chi connectivity index (χ3n) is 1.83. The summed E-state index contributed by atoms with van der Waals surface area (Å²) in [6.07, 6.45) is -0.0308. The van der Waals surface area contributed by atoms with Gasteiger partial charge in [-0.25, -0.2) is 0 Å². The summed E-state index contributed by atoms with van der Waals surface area (Å²) < 4.78 is 5.34. The fourth-order valence-corrected chi connectivity index (χ4v) is 1.35. The molecule has 1 aromatic rings. The lowest BCUT2D eigenvalue weighted by molar-refractivity contribution is -0.384. The van der Waals surface area contributed by atoms with E-state index in [0.29, 0.717) is 5.75 Å². The molecule has 0 bridgehead atoms. The summed E-state index contributed by atoms with van der Waals surface area (Å²) >= 11 is 5.70. The molecule has 0 aliphatic carbocycles. The lowest BCUT2D eigenvalue weighted by atomic mass is 10.3. The molecule has 0 fully saturated rings. The molecule has 0 aliphatic heterocycles. The van der Waals surface area contributed by atoms with Crippen LogP contribution in [0.25, 0.3) is 0 Å². The highest BCUT2D eigenvalue weighted by Crippen LogP contribution is 2.28. The molecule has 1 unspecified atom stereocenters. The van der Waals surface area contributed by atoms with Gasteiger partial charge in [0.15, 0.2) is 0 Å². The molecule has 84 valence electrons. The predicted octanol–water partition coefficient (Wildman–Crippen LogP) is 2.93. The minimum Gasteiger partial charge on any atom is -0.490 e. The second-order valence-corrected chi connectivity index (χ2v) is 3.57. The van der Waals surface area contributed by atoms with Gasteiger partial charge in [-0.3, -0.25) is 10.1 Å². The van der Waals surface area contributed by atoms with Crippen LogP contribution >= 0.6 is 11.6 Å². The van der Waals surface area contributed by atoms with Crippen molar-refractivity contribution in [2.75, 3.05) is 0 Å². The first-order valence-corrected chi connectivity index (χ1v) is 4.90. The molecule has 0 amide bonds. The van der Waals surface area contributed by atoms with Gasteiger partial charge in [0.25, 0.3) is 5.69 Å². The van der Waals surface area contributed by atoms with Crippen LogP contribution < -0.4 is 4.74 Å². The summed E-state index contributed by atoms with van der Waals surface area (Å²) in [6.45, 7) is 1.73. The molecule has 5 nitrogen and oxygen atoms in total. The van der Waals surface area contributed by atoms with E-state index in [-0.39, 0.29) is 23.2 Å². The van der Waals surface area contributed by atoms with Crippen LogP contribution in [0.15, 0.2) is 18.2 Å². The Kier molecular flexibility index (Phi) is 4.09. The van der Waals surface area contributed by atoms with Gasteiger partial charge in [0.2, 0.25) is 0 Å². The maximum Gasteiger partial charge on any atom is 0.288 e. The molecule has 0 saturated carbocycles. The first kappa shape index (κ1) is 12.3. The molecule has 6 heteroatoms. The summed E-state index contributed by atoms with van der Waals surface area (Å²) in [7, 11) is 0. The summed E-state index contributed by atoms with van der Waals surface area (Å²) in [5.41, 5.74) is -0.165. The van der Waals surface area contributed by atoms with Crippen molar-refractivity contribution in [3.63, 3.8) is 0 Å². The number of rotatable bonds is 4. The monoisotopic (exact) mass is 240 g/mol. The van der Waals surface area contributed by atoms with Gasteiger partial charge in [0, 0.05) is 12.1 Å². The van der Waals surface area contributed by atoms with Crippen molar-refractivity contribution in [2.24, 2.45) is 0 Å². The molecule has 0 heterocycles. The number of hydrogen-bond donors (Lipinski definition) is 0. The van der Waals surface area contributed by atoms with Crippen LogP contribution in [-0.2, 0) is 0 Å². The Morgan fingerprint density at radius 1 is 1.69 bits per heavy atom. The number of ether oxygens (including phenoxy) is 1. The molecule has 0 saturated heterocycles. The molecule has 1 aromatic carbocycles. The van der Waals surface area contributed by atoms with E-state index in [0.717, 1.165) is 0 Å². The fourth-order valence-electron chi connectivity index (χ4n) is 1.11. The number of nitro groups is 1. The normalized spacial score (nSPS) is 11.6. The Bertz CT molecular complexity index is 442. The standard InChI is InChI=1S/C10H9ClN2O3/c1-7(4-5-12)16-8-2-3-10(13(14)15)9(11)6-8/h2-3,6-7H,4H2,1H3. The van der Waals surface area contributed by atoms with Gasteiger partial charge < -0.3 is 4.74 Å². The third-order valence-corrected chi connectivity index (χ3v) is 2.13. The van der Waals surface area contributed by atoms with Gasteiger partial charge in [-0.15, -0.1) is 0 Å². The van der Waals surface area contributed by atoms with E-state index in [4.69, 9.17) is 21.6 Å². The zero-order chi connectivity index (χ0) is 12.1. The highest BCUT2D eigenvalue weighted by atomic mass is 35.5. The number of hydrogen-bond acceptors (Lipinski definition) is 4. The molecule has 0 spiro atoms. The Balaban J connectivity index is 2.82. The Morgan fingerprint density at radius 2 is 2.38 bits per heavy atom. The quantitative estimate of drug-likeness (QED) is 0.599. The maximum atomic E-state index is 10.5. The molecule has 0 N–H and O–H groups in total. The van der Waals surface area contributed by atoms with Crippen LogP contribution in [0.3, 0.4) is 0 Å². The van der Waals surface area contributed by atoms with E-state index in [1.54, 1.807) is 6.92 Å². The van der Waals surface area contributed by atoms with Crippen molar-refractivity contribution in [3.8, 4) is 11.8 Å². The van der Waals surface area contributed by atoms with Crippen molar-refractivity contribution in [2.45, 2.75) is 19.4 Å². The summed E-state index contributed by atoms with van der Waals surface area (Å²) in [6, 6.07) is 6.07. The predicted molar refractivity (Wildman–Crippen MR) is 58.4 cm³/mol.